The fraction of sp³-hybridized carbons (Fsp3) is 0.0667. The molecule has 0 unspecified atom stereocenters. The van der Waals surface area contributed by atoms with Crippen molar-refractivity contribution in [2.75, 3.05) is 0 Å². The van der Waals surface area contributed by atoms with Crippen LogP contribution in [0.25, 0.3) is 21.8 Å². The molecule has 0 spiro atoms. The summed E-state index contributed by atoms with van der Waals surface area (Å²) in [4.78, 5) is 0. The average molecular weight is 283 g/mol. The Labute approximate surface area is 118 Å². The van der Waals surface area contributed by atoms with E-state index in [1.54, 1.807) is 0 Å². The van der Waals surface area contributed by atoms with E-state index >= 15 is 0 Å². The monoisotopic (exact) mass is 283 g/mol. The number of fused-ring (bicyclic) bond motifs is 3. The van der Waals surface area contributed by atoms with Gasteiger partial charge in [-0.15, -0.1) is 6.58 Å². The molecule has 19 heavy (non-hydrogen) atoms. The third-order valence-corrected chi connectivity index (χ3v) is 5.44. The Balaban J connectivity index is 2.45. The van der Waals surface area contributed by atoms with E-state index in [4.69, 9.17) is 4.12 Å². The molecule has 0 saturated heterocycles. The van der Waals surface area contributed by atoms with E-state index in [9.17, 15) is 0 Å². The van der Waals surface area contributed by atoms with E-state index in [-0.39, 0.29) is 0 Å². The first-order valence-electron chi connectivity index (χ1n) is 6.45. The minimum absolute atomic E-state index is 0.697. The van der Waals surface area contributed by atoms with E-state index < -0.39 is 9.92 Å². The normalized spacial score (nSPS) is 12.0. The molecule has 1 heterocycles. The number of para-hydroxylation sites is 2. The number of rotatable bonds is 4. The number of allylic oxidation sites excluding steroid dienone is 1. The molecule has 1 aromatic heterocycles. The van der Waals surface area contributed by atoms with Crippen molar-refractivity contribution in [1.29, 1.82) is 0 Å². The fourth-order valence-electron chi connectivity index (χ4n) is 2.77. The Morgan fingerprint density at radius 2 is 1.95 bits per heavy atom. The van der Waals surface area contributed by atoms with E-state index in [0.29, 0.717) is 0 Å². The van der Waals surface area contributed by atoms with Gasteiger partial charge in [0.1, 0.15) is 10.5 Å². The standard InChI is InChI=1S/C15H17NOSi2/c1-2-6-11-7-5-9-13-12-8-3-4-10-14(12)16(15(11)13)19-17-18/h2-5,7-10H,1,6,19H2,18H3. The van der Waals surface area contributed by atoms with Crippen LogP contribution in [-0.2, 0) is 10.5 Å². The fourth-order valence-corrected chi connectivity index (χ4v) is 4.72. The van der Waals surface area contributed by atoms with Crippen molar-refractivity contribution in [3.8, 4) is 0 Å². The van der Waals surface area contributed by atoms with Crippen LogP contribution in [0.15, 0.2) is 55.1 Å². The van der Waals surface area contributed by atoms with Crippen LogP contribution in [0.1, 0.15) is 5.56 Å². The van der Waals surface area contributed by atoms with Gasteiger partial charge in [0.15, 0.2) is 0 Å². The Bertz CT molecular complexity index is 748. The molecule has 0 radical (unpaired) electrons. The topological polar surface area (TPSA) is 14.2 Å². The maximum absolute atomic E-state index is 5.65. The molecule has 0 aliphatic heterocycles. The summed E-state index contributed by atoms with van der Waals surface area (Å²) in [6, 6.07) is 15.2. The van der Waals surface area contributed by atoms with Gasteiger partial charge >= 0.3 is 0 Å². The Morgan fingerprint density at radius 3 is 2.74 bits per heavy atom. The highest BCUT2D eigenvalue weighted by Crippen LogP contribution is 2.30. The summed E-state index contributed by atoms with van der Waals surface area (Å²) in [5.74, 6) is 0. The molecule has 4 heteroatoms. The molecule has 0 amide bonds. The molecule has 96 valence electrons. The molecular weight excluding hydrogens is 266 g/mol. The number of aromatic nitrogens is 1. The van der Waals surface area contributed by atoms with Gasteiger partial charge in [0.05, 0.1) is 0 Å². The number of benzene rings is 2. The van der Waals surface area contributed by atoms with Gasteiger partial charge < -0.3 is 8.35 Å². The van der Waals surface area contributed by atoms with E-state index in [1.165, 1.54) is 27.4 Å². The summed E-state index contributed by atoms with van der Waals surface area (Å²) in [5.41, 5.74) is 3.98. The molecular formula is C15H17NOSi2. The maximum Gasteiger partial charge on any atom is 0.260 e. The van der Waals surface area contributed by atoms with Crippen molar-refractivity contribution < 1.29 is 4.12 Å². The summed E-state index contributed by atoms with van der Waals surface area (Å²) < 4.78 is 8.06. The lowest BCUT2D eigenvalue weighted by molar-refractivity contribution is 0.652. The number of hydrogen-bond acceptors (Lipinski definition) is 1. The molecule has 0 fully saturated rings. The number of hydrogen-bond donors (Lipinski definition) is 0. The lowest BCUT2D eigenvalue weighted by atomic mass is 10.1. The van der Waals surface area contributed by atoms with E-state index in [1.807, 2.05) is 6.08 Å². The quantitative estimate of drug-likeness (QED) is 0.525. The Hall–Kier alpha value is -1.63. The van der Waals surface area contributed by atoms with Crippen molar-refractivity contribution in [3.05, 3.63) is 60.7 Å². The van der Waals surface area contributed by atoms with Gasteiger partial charge in [-0.3, -0.25) is 0 Å². The second-order valence-corrected chi connectivity index (χ2v) is 7.87. The molecule has 0 atom stereocenters. The first kappa shape index (κ1) is 12.4. The minimum atomic E-state index is -0.697. The molecule has 0 N–H and O–H groups in total. The van der Waals surface area contributed by atoms with Gasteiger partial charge in [0.25, 0.3) is 9.92 Å². The smallest absolute Gasteiger partial charge is 0.260 e. The molecule has 0 aliphatic rings. The third kappa shape index (κ3) is 1.98. The molecule has 3 rings (SSSR count). The van der Waals surface area contributed by atoms with Gasteiger partial charge in [-0.2, -0.15) is 0 Å². The highest BCUT2D eigenvalue weighted by atomic mass is 28.3. The highest BCUT2D eigenvalue weighted by Gasteiger charge is 2.12. The van der Waals surface area contributed by atoms with Gasteiger partial charge in [0.2, 0.25) is 0 Å². The van der Waals surface area contributed by atoms with Crippen LogP contribution in [-0.4, -0.2) is 24.6 Å². The van der Waals surface area contributed by atoms with Crippen LogP contribution in [0.4, 0.5) is 0 Å². The molecule has 0 bridgehead atoms. The summed E-state index contributed by atoms with van der Waals surface area (Å²) in [6.07, 6.45) is 2.88. The van der Waals surface area contributed by atoms with Gasteiger partial charge in [-0.05, 0) is 18.1 Å². The predicted molar refractivity (Wildman–Crippen MR) is 88.3 cm³/mol. The van der Waals surface area contributed by atoms with Crippen LogP contribution < -0.4 is 0 Å². The molecule has 0 aliphatic carbocycles. The summed E-state index contributed by atoms with van der Waals surface area (Å²) >= 11 is 0. The first-order valence-corrected chi connectivity index (χ1v) is 8.48. The zero-order valence-electron chi connectivity index (χ0n) is 11.1. The first-order chi connectivity index (χ1) is 9.36. The van der Waals surface area contributed by atoms with Crippen LogP contribution in [0, 0.1) is 0 Å². The number of nitrogens with zero attached hydrogens (tertiary/aromatic N) is 1. The van der Waals surface area contributed by atoms with Crippen LogP contribution in [0.2, 0.25) is 0 Å². The van der Waals surface area contributed by atoms with Crippen LogP contribution in [0.3, 0.4) is 0 Å². The minimum Gasteiger partial charge on any atom is -0.453 e. The zero-order valence-corrected chi connectivity index (χ0v) is 14.5. The van der Waals surface area contributed by atoms with E-state index in [2.05, 4.69) is 53.3 Å². The summed E-state index contributed by atoms with van der Waals surface area (Å²) in [5, 5.41) is 2.66. The van der Waals surface area contributed by atoms with Gasteiger partial charge in [0, 0.05) is 21.8 Å². The van der Waals surface area contributed by atoms with Gasteiger partial charge in [-0.25, -0.2) is 0 Å². The SMILES string of the molecule is C=CCc1cccc2c3ccccc3n([SiH2]O[SiH3])c12. The molecule has 2 nitrogen and oxygen atoms in total. The molecule has 0 saturated carbocycles. The van der Waals surface area contributed by atoms with Crippen molar-refractivity contribution in [3.63, 3.8) is 0 Å². The molecule has 3 aromatic rings. The van der Waals surface area contributed by atoms with Crippen molar-refractivity contribution in [1.82, 2.24) is 4.23 Å². The van der Waals surface area contributed by atoms with Gasteiger partial charge in [-0.1, -0.05) is 42.5 Å². The largest absolute Gasteiger partial charge is 0.453 e. The Kier molecular flexibility index (Phi) is 3.37. The molecule has 2 aromatic carbocycles. The summed E-state index contributed by atoms with van der Waals surface area (Å²) in [6.45, 7) is 3.87. The van der Waals surface area contributed by atoms with E-state index in [0.717, 1.165) is 16.9 Å². The van der Waals surface area contributed by atoms with Crippen molar-refractivity contribution in [2.24, 2.45) is 0 Å². The van der Waals surface area contributed by atoms with Crippen LogP contribution >= 0.6 is 0 Å². The highest BCUT2D eigenvalue weighted by molar-refractivity contribution is 6.38. The zero-order chi connectivity index (χ0) is 13.2. The average Bonchev–Trinajstić information content (AvgIpc) is 2.76. The second-order valence-electron chi connectivity index (χ2n) is 4.67. The van der Waals surface area contributed by atoms with Crippen molar-refractivity contribution >= 4 is 42.2 Å². The van der Waals surface area contributed by atoms with Crippen LogP contribution in [0.5, 0.6) is 0 Å². The lowest BCUT2D eigenvalue weighted by Gasteiger charge is -2.08. The second kappa shape index (κ2) is 5.16. The Morgan fingerprint density at radius 1 is 1.16 bits per heavy atom. The predicted octanol–water partition coefficient (Wildman–Crippen LogP) is 1.67. The lowest BCUT2D eigenvalue weighted by Crippen LogP contribution is -2.09. The van der Waals surface area contributed by atoms with Crippen molar-refractivity contribution in [2.45, 2.75) is 6.42 Å². The third-order valence-electron chi connectivity index (χ3n) is 3.50. The summed E-state index contributed by atoms with van der Waals surface area (Å²) in [7, 11) is 0.111. The maximum atomic E-state index is 5.65.